The van der Waals surface area contributed by atoms with E-state index in [9.17, 15) is 14.4 Å². The molecule has 0 aliphatic carbocycles. The highest BCUT2D eigenvalue weighted by atomic mass is 16.6. The van der Waals surface area contributed by atoms with Crippen molar-refractivity contribution in [3.8, 4) is 0 Å². The van der Waals surface area contributed by atoms with Crippen molar-refractivity contribution in [3.05, 3.63) is 109 Å². The molecule has 1 atom stereocenters. The van der Waals surface area contributed by atoms with Crippen LogP contribution in [0.2, 0.25) is 0 Å². The van der Waals surface area contributed by atoms with E-state index in [1.54, 1.807) is 0 Å². The fourth-order valence-electron chi connectivity index (χ4n) is 7.58. The zero-order valence-corrected chi connectivity index (χ0v) is 44.8. The Bertz CT molecular complexity index is 1420. The monoisotopic (exact) mass is 957 g/mol. The second-order valence-electron chi connectivity index (χ2n) is 18.4. The van der Waals surface area contributed by atoms with E-state index >= 15 is 0 Å². The zero-order chi connectivity index (χ0) is 50.0. The first-order valence-electron chi connectivity index (χ1n) is 28.4. The molecule has 6 nitrogen and oxygen atoms in total. The average molecular weight is 958 g/mol. The third-order valence-electron chi connectivity index (χ3n) is 11.8. The van der Waals surface area contributed by atoms with Gasteiger partial charge in [0.15, 0.2) is 6.10 Å². The van der Waals surface area contributed by atoms with Gasteiger partial charge in [0.2, 0.25) is 0 Å². The molecule has 0 radical (unpaired) electrons. The smallest absolute Gasteiger partial charge is 0.306 e. The Balaban J connectivity index is 4.43. The van der Waals surface area contributed by atoms with Gasteiger partial charge in [0.25, 0.3) is 0 Å². The quantitative estimate of drug-likeness (QED) is 0.0262. The van der Waals surface area contributed by atoms with Gasteiger partial charge in [-0.15, -0.1) is 0 Å². The summed E-state index contributed by atoms with van der Waals surface area (Å²) >= 11 is 0. The highest BCUT2D eigenvalue weighted by Gasteiger charge is 2.19. The van der Waals surface area contributed by atoms with Gasteiger partial charge in [-0.25, -0.2) is 0 Å². The lowest BCUT2D eigenvalue weighted by Gasteiger charge is -2.18. The predicted octanol–water partition coefficient (Wildman–Crippen LogP) is 19.1. The lowest BCUT2D eigenvalue weighted by Crippen LogP contribution is -2.30. The van der Waals surface area contributed by atoms with Crippen molar-refractivity contribution < 1.29 is 28.6 Å². The van der Waals surface area contributed by atoms with E-state index < -0.39 is 6.10 Å². The molecule has 0 aromatic carbocycles. The van der Waals surface area contributed by atoms with Gasteiger partial charge in [-0.2, -0.15) is 0 Å². The van der Waals surface area contributed by atoms with Crippen LogP contribution < -0.4 is 0 Å². The number of carbonyl (C=O) groups excluding carboxylic acids is 3. The van der Waals surface area contributed by atoms with Gasteiger partial charge in [0.1, 0.15) is 13.2 Å². The number of carbonyl (C=O) groups is 3. The van der Waals surface area contributed by atoms with Crippen LogP contribution in [0.3, 0.4) is 0 Å². The lowest BCUT2D eigenvalue weighted by molar-refractivity contribution is -0.167. The Kier molecular flexibility index (Phi) is 53.4. The molecule has 69 heavy (non-hydrogen) atoms. The molecule has 0 heterocycles. The molecule has 392 valence electrons. The molecule has 0 amide bonds. The largest absolute Gasteiger partial charge is 0.462 e. The SMILES string of the molecule is CC/C=C\C/C=C\C/C=C\C/C=C\C/C=C\C/C=C\CCCCCCC(=O)OCC(COC(=O)CCCCCCCCCCCCCCC)OC(=O)CCCCCCC/C=C\C/C=C\C/C=C\CC. The van der Waals surface area contributed by atoms with Gasteiger partial charge in [-0.3, -0.25) is 14.4 Å². The van der Waals surface area contributed by atoms with E-state index in [1.165, 1.54) is 64.2 Å². The molecule has 0 aromatic heterocycles. The topological polar surface area (TPSA) is 78.9 Å². The zero-order valence-electron chi connectivity index (χ0n) is 44.8. The molecular weight excluding hydrogens is 853 g/mol. The second kappa shape index (κ2) is 56.7. The maximum Gasteiger partial charge on any atom is 0.306 e. The van der Waals surface area contributed by atoms with E-state index in [0.29, 0.717) is 19.3 Å². The van der Waals surface area contributed by atoms with Crippen LogP contribution in [0.4, 0.5) is 0 Å². The summed E-state index contributed by atoms with van der Waals surface area (Å²) in [6, 6.07) is 0. The summed E-state index contributed by atoms with van der Waals surface area (Å²) in [6.45, 7) is 6.38. The summed E-state index contributed by atoms with van der Waals surface area (Å²) in [4.78, 5) is 38.1. The molecule has 0 aromatic rings. The Morgan fingerprint density at radius 2 is 0.565 bits per heavy atom. The van der Waals surface area contributed by atoms with Crippen LogP contribution in [-0.2, 0) is 28.6 Å². The summed E-state index contributed by atoms with van der Waals surface area (Å²) in [5.41, 5.74) is 0. The second-order valence-corrected chi connectivity index (χ2v) is 18.4. The average Bonchev–Trinajstić information content (AvgIpc) is 3.35. The molecule has 0 N–H and O–H groups in total. The Morgan fingerprint density at radius 3 is 0.884 bits per heavy atom. The van der Waals surface area contributed by atoms with Gasteiger partial charge in [-0.1, -0.05) is 239 Å². The van der Waals surface area contributed by atoms with Crippen molar-refractivity contribution in [2.24, 2.45) is 0 Å². The molecule has 1 unspecified atom stereocenters. The number of esters is 3. The Labute approximate surface area is 425 Å². The number of hydrogen-bond acceptors (Lipinski definition) is 6. The van der Waals surface area contributed by atoms with Gasteiger partial charge >= 0.3 is 17.9 Å². The molecule has 0 rings (SSSR count). The fourth-order valence-corrected chi connectivity index (χ4v) is 7.58. The first-order valence-corrected chi connectivity index (χ1v) is 28.4. The summed E-state index contributed by atoms with van der Waals surface area (Å²) in [6.07, 6.45) is 76.4. The van der Waals surface area contributed by atoms with Crippen LogP contribution >= 0.6 is 0 Å². The molecule has 0 bridgehead atoms. The van der Waals surface area contributed by atoms with Crippen LogP contribution in [0, 0.1) is 0 Å². The maximum absolute atomic E-state index is 12.8. The summed E-state index contributed by atoms with van der Waals surface area (Å²) in [5.74, 6) is -0.935. The van der Waals surface area contributed by atoms with Crippen molar-refractivity contribution in [2.45, 2.75) is 258 Å². The van der Waals surface area contributed by atoms with E-state index in [-0.39, 0.29) is 31.1 Å². The molecular formula is C63H104O6. The van der Waals surface area contributed by atoms with Crippen molar-refractivity contribution in [1.29, 1.82) is 0 Å². The predicted molar refractivity (Wildman–Crippen MR) is 297 cm³/mol. The summed E-state index contributed by atoms with van der Waals surface area (Å²) < 4.78 is 16.8. The number of rotatable bonds is 50. The van der Waals surface area contributed by atoms with Crippen LogP contribution in [0.25, 0.3) is 0 Å². The highest BCUT2D eigenvalue weighted by Crippen LogP contribution is 2.15. The third kappa shape index (κ3) is 54.9. The van der Waals surface area contributed by atoms with E-state index in [0.717, 1.165) is 148 Å². The molecule has 0 saturated carbocycles. The molecule has 6 heteroatoms. The minimum absolute atomic E-state index is 0.0931. The fraction of sp³-hybridized carbons (Fsp3) is 0.667. The summed E-state index contributed by atoms with van der Waals surface area (Å²) in [7, 11) is 0. The molecule has 0 aliphatic heterocycles. The Hall–Kier alpha value is -3.93. The van der Waals surface area contributed by atoms with Crippen molar-refractivity contribution in [1.82, 2.24) is 0 Å². The van der Waals surface area contributed by atoms with E-state index in [1.807, 2.05) is 0 Å². The first-order chi connectivity index (χ1) is 34.0. The minimum Gasteiger partial charge on any atom is -0.462 e. The normalized spacial score (nSPS) is 12.9. The van der Waals surface area contributed by atoms with Gasteiger partial charge in [0.05, 0.1) is 0 Å². The molecule has 0 fully saturated rings. The van der Waals surface area contributed by atoms with Crippen molar-refractivity contribution >= 4 is 17.9 Å². The van der Waals surface area contributed by atoms with Gasteiger partial charge in [-0.05, 0) is 103 Å². The summed E-state index contributed by atoms with van der Waals surface area (Å²) in [5, 5.41) is 0. The standard InChI is InChI=1S/C63H104O6/c1-4-7-10-13-16-19-22-25-27-28-29-30-31-32-33-34-36-38-41-44-47-50-53-56-62(65)68-59-60(58-67-61(64)55-52-49-46-43-40-37-24-21-18-15-12-9-6-3)69-63(66)57-54-51-48-45-42-39-35-26-23-20-17-14-11-8-5-2/h7-8,10-11,16-17,19-20,25-27,29-30,32-33,35-36,38,60H,4-6,9,12-15,18,21-24,28,31,34,37,39-59H2,1-3H3/b10-7-,11-8-,19-16-,20-17-,27-25-,30-29-,33-32-,35-26-,38-36-. The maximum atomic E-state index is 12.8. The van der Waals surface area contributed by atoms with E-state index in [2.05, 4.69) is 130 Å². The van der Waals surface area contributed by atoms with Crippen molar-refractivity contribution in [2.75, 3.05) is 13.2 Å². The third-order valence-corrected chi connectivity index (χ3v) is 11.8. The van der Waals surface area contributed by atoms with Crippen LogP contribution in [0.1, 0.15) is 252 Å². The van der Waals surface area contributed by atoms with Crippen LogP contribution in [0.5, 0.6) is 0 Å². The molecule has 0 spiro atoms. The lowest BCUT2D eigenvalue weighted by atomic mass is 10.0. The molecule has 0 aliphatic rings. The Morgan fingerprint density at radius 1 is 0.304 bits per heavy atom. The number of allylic oxidation sites excluding steroid dienone is 18. The number of ether oxygens (including phenoxy) is 3. The van der Waals surface area contributed by atoms with Crippen LogP contribution in [-0.4, -0.2) is 37.2 Å². The van der Waals surface area contributed by atoms with Gasteiger partial charge < -0.3 is 14.2 Å². The first kappa shape index (κ1) is 65.1. The van der Waals surface area contributed by atoms with Crippen LogP contribution in [0.15, 0.2) is 109 Å². The number of unbranched alkanes of at least 4 members (excludes halogenated alkanes) is 21. The van der Waals surface area contributed by atoms with Gasteiger partial charge in [0, 0.05) is 19.3 Å². The van der Waals surface area contributed by atoms with E-state index in [4.69, 9.17) is 14.2 Å². The number of hydrogen-bond donors (Lipinski definition) is 0. The van der Waals surface area contributed by atoms with Crippen molar-refractivity contribution in [3.63, 3.8) is 0 Å². The minimum atomic E-state index is -0.798. The highest BCUT2D eigenvalue weighted by molar-refractivity contribution is 5.71. The molecule has 0 saturated heterocycles.